The Labute approximate surface area is 93.2 Å². The van der Waals surface area contributed by atoms with E-state index in [1.807, 2.05) is 0 Å². The van der Waals surface area contributed by atoms with E-state index in [0.717, 1.165) is 10.8 Å². The van der Waals surface area contributed by atoms with Gasteiger partial charge in [0, 0.05) is 10.9 Å². The summed E-state index contributed by atoms with van der Waals surface area (Å²) in [5.74, 6) is -0.295. The van der Waals surface area contributed by atoms with E-state index >= 15 is 0 Å². The van der Waals surface area contributed by atoms with Crippen LogP contribution in [0.2, 0.25) is 0 Å². The van der Waals surface area contributed by atoms with E-state index in [9.17, 15) is 9.18 Å². The van der Waals surface area contributed by atoms with Crippen molar-refractivity contribution in [3.8, 4) is 0 Å². The minimum atomic E-state index is -0.751. The molecule has 1 fully saturated rings. The van der Waals surface area contributed by atoms with E-state index in [0.29, 0.717) is 11.7 Å². The molecule has 88 valence electrons. The molecule has 2 unspecified atom stereocenters. The Morgan fingerprint density at radius 1 is 1.81 bits per heavy atom. The van der Waals surface area contributed by atoms with Crippen LogP contribution < -0.4 is 11.4 Å². The van der Waals surface area contributed by atoms with Crippen LogP contribution in [0.15, 0.2) is 11.0 Å². The first-order valence-electron chi connectivity index (χ1n) is 4.52. The Bertz CT molecular complexity index is 453. The molecule has 1 aromatic rings. The van der Waals surface area contributed by atoms with Crippen molar-refractivity contribution in [1.82, 2.24) is 9.55 Å². The van der Waals surface area contributed by atoms with Gasteiger partial charge < -0.3 is 15.6 Å². The summed E-state index contributed by atoms with van der Waals surface area (Å²) in [6.45, 7) is 0. The third-order valence-corrected chi connectivity index (χ3v) is 3.82. The summed E-state index contributed by atoms with van der Waals surface area (Å²) in [5, 5.41) is 8.93. The van der Waals surface area contributed by atoms with Gasteiger partial charge in [-0.1, -0.05) is 0 Å². The summed E-state index contributed by atoms with van der Waals surface area (Å²) in [6, 6.07) is 0. The number of nitrogen functional groups attached to an aromatic ring is 1. The van der Waals surface area contributed by atoms with Crippen molar-refractivity contribution in [1.29, 1.82) is 0 Å². The van der Waals surface area contributed by atoms with E-state index in [1.165, 1.54) is 0 Å². The van der Waals surface area contributed by atoms with Crippen LogP contribution in [0, 0.1) is 5.82 Å². The lowest BCUT2D eigenvalue weighted by molar-refractivity contribution is 0.0628. The van der Waals surface area contributed by atoms with E-state index < -0.39 is 23.6 Å². The number of aromatic nitrogens is 2. The van der Waals surface area contributed by atoms with Crippen molar-refractivity contribution < 1.29 is 14.2 Å². The van der Waals surface area contributed by atoms with Gasteiger partial charge in [0.25, 0.3) is 0 Å². The molecule has 0 radical (unpaired) electrons. The lowest BCUT2D eigenvalue weighted by atomic mass is 10.5. The summed E-state index contributed by atoms with van der Waals surface area (Å²) in [7, 11) is -0.293. The van der Waals surface area contributed by atoms with Crippen LogP contribution in [-0.4, -0.2) is 32.3 Å². The van der Waals surface area contributed by atoms with Crippen LogP contribution in [0.4, 0.5) is 10.2 Å². The molecule has 8 heteroatoms. The van der Waals surface area contributed by atoms with Crippen LogP contribution in [0.1, 0.15) is 6.23 Å². The summed E-state index contributed by atoms with van der Waals surface area (Å²) in [6.07, 6.45) is 0.421. The maximum Gasteiger partial charge on any atom is 0.351 e. The molecule has 2 atom stereocenters. The molecule has 1 aromatic heterocycles. The van der Waals surface area contributed by atoms with Crippen molar-refractivity contribution in [3.05, 3.63) is 22.5 Å². The lowest BCUT2D eigenvalue weighted by Crippen LogP contribution is -2.29. The monoisotopic (exact) mass is 248 g/mol. The topological polar surface area (TPSA) is 90.4 Å². The first kappa shape index (κ1) is 11.4. The average Bonchev–Trinajstić information content (AvgIpc) is 2.71. The van der Waals surface area contributed by atoms with Crippen molar-refractivity contribution in [3.63, 3.8) is 0 Å². The first-order valence-corrected chi connectivity index (χ1v) is 6.25. The number of ether oxygens (including phenoxy) is 1. The predicted molar refractivity (Wildman–Crippen MR) is 57.2 cm³/mol. The smallest absolute Gasteiger partial charge is 0.351 e. The molecule has 1 aliphatic heterocycles. The maximum atomic E-state index is 13.1. The van der Waals surface area contributed by atoms with Crippen molar-refractivity contribution >= 4 is 16.7 Å². The zero-order valence-corrected chi connectivity index (χ0v) is 9.11. The number of hydrogen-bond donors (Lipinski definition) is 2. The van der Waals surface area contributed by atoms with E-state index in [2.05, 4.69) is 4.98 Å². The van der Waals surface area contributed by atoms with Gasteiger partial charge >= 0.3 is 5.69 Å². The summed E-state index contributed by atoms with van der Waals surface area (Å²) >= 11 is 0. The number of aliphatic hydroxyl groups excluding tert-OH is 1. The molecule has 0 aromatic carbocycles. The Morgan fingerprint density at radius 2 is 2.56 bits per heavy atom. The fourth-order valence-electron chi connectivity index (χ4n) is 1.39. The number of aliphatic hydroxyl groups is 1. The molecular formula is C8H11FN3O3S+. The van der Waals surface area contributed by atoms with Gasteiger partial charge in [0.05, 0.1) is 6.20 Å². The summed E-state index contributed by atoms with van der Waals surface area (Å²) < 4.78 is 19.5. The highest BCUT2D eigenvalue weighted by atomic mass is 32.2. The van der Waals surface area contributed by atoms with Crippen molar-refractivity contribution in [2.75, 3.05) is 23.4 Å². The number of rotatable bonds is 2. The second-order valence-electron chi connectivity index (χ2n) is 3.31. The summed E-state index contributed by atoms with van der Waals surface area (Å²) in [4.78, 5) is 14.8. The number of halogens is 1. The standard InChI is InChI=1S/C8H10FN3O3S/c9-5-1-12(8(14)11-7(5)10)6-2-16(3-13)4-15-6/h1,6,13H,2-4H2,(H-,10,11,14)/p+1. The molecule has 0 bridgehead atoms. The molecule has 16 heavy (non-hydrogen) atoms. The third-order valence-electron chi connectivity index (χ3n) is 2.23. The van der Waals surface area contributed by atoms with E-state index in [4.69, 9.17) is 15.6 Å². The fourth-order valence-corrected chi connectivity index (χ4v) is 2.67. The van der Waals surface area contributed by atoms with Gasteiger partial charge in [0.15, 0.2) is 23.6 Å². The largest absolute Gasteiger partial charge is 0.381 e. The molecule has 1 aliphatic rings. The Kier molecular flexibility index (Phi) is 3.13. The molecule has 2 rings (SSSR count). The quantitative estimate of drug-likeness (QED) is 0.656. The molecular weight excluding hydrogens is 237 g/mol. The average molecular weight is 248 g/mol. The highest BCUT2D eigenvalue weighted by molar-refractivity contribution is 7.96. The molecule has 2 heterocycles. The van der Waals surface area contributed by atoms with E-state index in [1.54, 1.807) is 0 Å². The second kappa shape index (κ2) is 4.40. The maximum absolute atomic E-state index is 13.1. The Hall–Kier alpha value is -1.12. The zero-order chi connectivity index (χ0) is 11.7. The second-order valence-corrected chi connectivity index (χ2v) is 5.36. The van der Waals surface area contributed by atoms with Gasteiger partial charge in [0.2, 0.25) is 11.9 Å². The van der Waals surface area contributed by atoms with Crippen LogP contribution in [0.3, 0.4) is 0 Å². The minimum absolute atomic E-state index is 0.0101. The Morgan fingerprint density at radius 3 is 3.19 bits per heavy atom. The SMILES string of the molecule is Nc1nc(=O)n(C2C[S+](CO)CO2)cc1F. The van der Waals surface area contributed by atoms with Gasteiger partial charge in [0.1, 0.15) is 0 Å². The van der Waals surface area contributed by atoms with Gasteiger partial charge in [-0.15, -0.1) is 0 Å². The molecule has 6 nitrogen and oxygen atoms in total. The first-order chi connectivity index (χ1) is 7.61. The molecule has 1 saturated heterocycles. The fraction of sp³-hybridized carbons (Fsp3) is 0.500. The molecule has 3 N–H and O–H groups in total. The molecule has 0 amide bonds. The summed E-state index contributed by atoms with van der Waals surface area (Å²) in [5.41, 5.74) is 4.52. The van der Waals surface area contributed by atoms with Crippen molar-refractivity contribution in [2.45, 2.75) is 6.23 Å². The van der Waals surface area contributed by atoms with Crippen molar-refractivity contribution in [2.24, 2.45) is 0 Å². The highest BCUT2D eigenvalue weighted by Gasteiger charge is 2.35. The number of nitrogens with zero attached hydrogens (tertiary/aromatic N) is 2. The van der Waals surface area contributed by atoms with Crippen LogP contribution >= 0.6 is 0 Å². The minimum Gasteiger partial charge on any atom is -0.381 e. The van der Waals surface area contributed by atoms with Gasteiger partial charge in [-0.2, -0.15) is 4.98 Å². The predicted octanol–water partition coefficient (Wildman–Crippen LogP) is -0.981. The Balaban J connectivity index is 2.28. The number of anilines is 1. The van der Waals surface area contributed by atoms with Crippen LogP contribution in [-0.2, 0) is 15.6 Å². The van der Waals surface area contributed by atoms with Gasteiger partial charge in [-0.3, -0.25) is 4.57 Å². The molecule has 0 saturated carbocycles. The molecule has 0 aliphatic carbocycles. The normalized spacial score (nSPS) is 24.9. The zero-order valence-electron chi connectivity index (χ0n) is 8.30. The van der Waals surface area contributed by atoms with Crippen LogP contribution in [0.25, 0.3) is 0 Å². The third kappa shape index (κ3) is 2.04. The number of hydrogen-bond acceptors (Lipinski definition) is 5. The van der Waals surface area contributed by atoms with Gasteiger partial charge in [-0.05, 0) is 0 Å². The number of nitrogens with two attached hydrogens (primary N) is 1. The highest BCUT2D eigenvalue weighted by Crippen LogP contribution is 2.20. The lowest BCUT2D eigenvalue weighted by Gasteiger charge is -2.09. The van der Waals surface area contributed by atoms with Gasteiger partial charge in [-0.25, -0.2) is 9.18 Å². The molecule has 0 spiro atoms. The van der Waals surface area contributed by atoms with E-state index in [-0.39, 0.29) is 16.8 Å². The van der Waals surface area contributed by atoms with Crippen LogP contribution in [0.5, 0.6) is 0 Å².